The Bertz CT molecular complexity index is 980. The van der Waals surface area contributed by atoms with Crippen LogP contribution < -0.4 is 5.32 Å². The number of hydrogen-bond acceptors (Lipinski definition) is 5. The Morgan fingerprint density at radius 1 is 1.13 bits per heavy atom. The molecule has 1 unspecified atom stereocenters. The van der Waals surface area contributed by atoms with Gasteiger partial charge in [-0.05, 0) is 36.0 Å². The number of nitrogens with zero attached hydrogens (tertiary/aromatic N) is 2. The van der Waals surface area contributed by atoms with E-state index in [-0.39, 0.29) is 24.9 Å². The van der Waals surface area contributed by atoms with Crippen molar-refractivity contribution in [2.75, 3.05) is 13.2 Å². The first-order valence-corrected chi connectivity index (χ1v) is 10.8. The molecule has 0 bridgehead atoms. The fourth-order valence-corrected chi connectivity index (χ4v) is 3.41. The number of aromatic nitrogens is 2. The van der Waals surface area contributed by atoms with Crippen LogP contribution in [0.5, 0.6) is 0 Å². The molecule has 2 aromatic carbocycles. The van der Waals surface area contributed by atoms with Crippen LogP contribution in [0.15, 0.2) is 53.1 Å². The lowest BCUT2D eigenvalue weighted by Gasteiger charge is -2.16. The minimum Gasteiger partial charge on any atom is -0.396 e. The summed E-state index contributed by atoms with van der Waals surface area (Å²) in [5, 5.41) is 16.6. The Labute approximate surface area is 183 Å². The highest BCUT2D eigenvalue weighted by atomic mass is 16.5. The maximum absolute atomic E-state index is 12.3. The van der Waals surface area contributed by atoms with Gasteiger partial charge in [0.2, 0.25) is 17.6 Å². The van der Waals surface area contributed by atoms with Gasteiger partial charge < -0.3 is 14.9 Å². The molecule has 164 valence electrons. The lowest BCUT2D eigenvalue weighted by molar-refractivity contribution is -0.121. The van der Waals surface area contributed by atoms with Gasteiger partial charge in [-0.15, -0.1) is 0 Å². The molecule has 1 amide bonds. The summed E-state index contributed by atoms with van der Waals surface area (Å²) < 4.78 is 5.30. The highest BCUT2D eigenvalue weighted by Gasteiger charge is 2.14. The van der Waals surface area contributed by atoms with E-state index in [4.69, 9.17) is 4.52 Å². The lowest BCUT2D eigenvalue weighted by Crippen LogP contribution is -2.32. The van der Waals surface area contributed by atoms with Crippen molar-refractivity contribution in [1.29, 1.82) is 0 Å². The summed E-state index contributed by atoms with van der Waals surface area (Å²) in [5.41, 5.74) is 4.53. The molecule has 0 aliphatic rings. The van der Waals surface area contributed by atoms with Crippen LogP contribution >= 0.6 is 0 Å². The highest BCUT2D eigenvalue weighted by Crippen LogP contribution is 2.20. The van der Waals surface area contributed by atoms with Gasteiger partial charge in [-0.1, -0.05) is 67.5 Å². The third-order valence-corrected chi connectivity index (χ3v) is 5.49. The maximum Gasteiger partial charge on any atom is 0.227 e. The van der Waals surface area contributed by atoms with Crippen molar-refractivity contribution in [2.24, 2.45) is 5.92 Å². The normalized spacial score (nSPS) is 12.2. The number of carbonyl (C=O) groups is 1. The Kier molecular flexibility index (Phi) is 7.95. The summed E-state index contributed by atoms with van der Waals surface area (Å²) in [5.74, 6) is 1.33. The van der Waals surface area contributed by atoms with Crippen LogP contribution in [-0.4, -0.2) is 34.3 Å². The molecule has 6 nitrogen and oxygen atoms in total. The molecule has 1 atom stereocenters. The van der Waals surface area contributed by atoms with Gasteiger partial charge in [0, 0.05) is 37.5 Å². The van der Waals surface area contributed by atoms with Gasteiger partial charge in [0.25, 0.3) is 0 Å². The fraction of sp³-hybridized carbons (Fsp3) is 0.400. The number of aryl methyl sites for hydroxylation is 2. The van der Waals surface area contributed by atoms with E-state index >= 15 is 0 Å². The predicted octanol–water partition coefficient (Wildman–Crippen LogP) is 4.07. The molecule has 0 fully saturated rings. The zero-order valence-corrected chi connectivity index (χ0v) is 18.5. The van der Waals surface area contributed by atoms with Crippen molar-refractivity contribution in [3.8, 4) is 11.4 Å². The number of nitrogens with one attached hydrogen (secondary N) is 1. The van der Waals surface area contributed by atoms with E-state index in [0.717, 1.165) is 12.0 Å². The molecule has 0 aliphatic heterocycles. The van der Waals surface area contributed by atoms with Crippen molar-refractivity contribution >= 4 is 5.91 Å². The van der Waals surface area contributed by atoms with Crippen molar-refractivity contribution in [3.05, 3.63) is 71.1 Å². The Morgan fingerprint density at radius 2 is 1.87 bits per heavy atom. The van der Waals surface area contributed by atoms with Gasteiger partial charge in [0.1, 0.15) is 0 Å². The molecule has 0 radical (unpaired) electrons. The molecule has 2 N–H and O–H groups in total. The van der Waals surface area contributed by atoms with Gasteiger partial charge in [-0.2, -0.15) is 4.98 Å². The van der Waals surface area contributed by atoms with Gasteiger partial charge in [0.05, 0.1) is 0 Å². The molecule has 0 saturated heterocycles. The molecule has 31 heavy (non-hydrogen) atoms. The molecular weight excluding hydrogens is 390 g/mol. The second-order valence-corrected chi connectivity index (χ2v) is 8.27. The summed E-state index contributed by atoms with van der Waals surface area (Å²) in [6, 6.07) is 16.2. The fourth-order valence-electron chi connectivity index (χ4n) is 3.41. The van der Waals surface area contributed by atoms with E-state index in [1.807, 2.05) is 24.3 Å². The zero-order chi connectivity index (χ0) is 22.2. The summed E-state index contributed by atoms with van der Waals surface area (Å²) in [6.45, 7) is 6.81. The van der Waals surface area contributed by atoms with Crippen LogP contribution in [0.2, 0.25) is 0 Å². The minimum atomic E-state index is -0.0933. The van der Waals surface area contributed by atoms with Crippen molar-refractivity contribution < 1.29 is 14.4 Å². The summed E-state index contributed by atoms with van der Waals surface area (Å²) in [4.78, 5) is 16.7. The standard InChI is InChI=1S/C25H31N3O3/c1-17(2)20-8-10-21(11-9-20)25-27-24(31-28-25)13-12-23(30)26-15-19(16-29)14-22-7-5-4-6-18(22)3/h4-11,17,19,29H,12-16H2,1-3H3,(H,26,30). The Balaban J connectivity index is 1.47. The number of carbonyl (C=O) groups excluding carboxylic acids is 1. The Morgan fingerprint density at radius 3 is 2.55 bits per heavy atom. The smallest absolute Gasteiger partial charge is 0.227 e. The van der Waals surface area contributed by atoms with Gasteiger partial charge >= 0.3 is 0 Å². The summed E-state index contributed by atoms with van der Waals surface area (Å²) in [7, 11) is 0. The molecule has 0 aliphatic carbocycles. The first-order chi connectivity index (χ1) is 15.0. The SMILES string of the molecule is Cc1ccccc1CC(CO)CNC(=O)CCc1nc(-c2ccc(C(C)C)cc2)no1. The van der Waals surface area contributed by atoms with E-state index < -0.39 is 0 Å². The molecule has 6 heteroatoms. The van der Waals surface area contributed by atoms with Crippen LogP contribution in [0.4, 0.5) is 0 Å². The molecule has 1 heterocycles. The third kappa shape index (κ3) is 6.49. The Hall–Kier alpha value is -2.99. The third-order valence-electron chi connectivity index (χ3n) is 5.49. The van der Waals surface area contributed by atoms with Crippen LogP contribution in [0, 0.1) is 12.8 Å². The number of amides is 1. The molecule has 0 saturated carbocycles. The monoisotopic (exact) mass is 421 g/mol. The molecule has 3 rings (SSSR count). The van der Waals surface area contributed by atoms with E-state index in [1.165, 1.54) is 16.7 Å². The van der Waals surface area contributed by atoms with Crippen molar-refractivity contribution in [1.82, 2.24) is 15.5 Å². The lowest BCUT2D eigenvalue weighted by atomic mass is 9.96. The van der Waals surface area contributed by atoms with Gasteiger partial charge in [-0.25, -0.2) is 0 Å². The number of aliphatic hydroxyl groups is 1. The number of benzene rings is 2. The average molecular weight is 422 g/mol. The highest BCUT2D eigenvalue weighted by molar-refractivity contribution is 5.76. The minimum absolute atomic E-state index is 0.0196. The number of aliphatic hydroxyl groups excluding tert-OH is 1. The quantitative estimate of drug-likeness (QED) is 0.515. The number of hydrogen-bond donors (Lipinski definition) is 2. The van der Waals surface area contributed by atoms with E-state index in [0.29, 0.717) is 30.6 Å². The van der Waals surface area contributed by atoms with E-state index in [9.17, 15) is 9.90 Å². The zero-order valence-electron chi connectivity index (χ0n) is 18.5. The second-order valence-electron chi connectivity index (χ2n) is 8.27. The average Bonchev–Trinajstić information content (AvgIpc) is 3.25. The van der Waals surface area contributed by atoms with Crippen molar-refractivity contribution in [3.63, 3.8) is 0 Å². The van der Waals surface area contributed by atoms with Crippen molar-refractivity contribution in [2.45, 2.75) is 46.0 Å². The first kappa shape index (κ1) is 22.7. The summed E-state index contributed by atoms with van der Waals surface area (Å²) in [6.07, 6.45) is 1.37. The number of rotatable bonds is 10. The second kappa shape index (κ2) is 10.9. The first-order valence-electron chi connectivity index (χ1n) is 10.8. The largest absolute Gasteiger partial charge is 0.396 e. The van der Waals surface area contributed by atoms with Crippen LogP contribution in [0.1, 0.15) is 48.8 Å². The predicted molar refractivity (Wildman–Crippen MR) is 121 cm³/mol. The van der Waals surface area contributed by atoms with Crippen LogP contribution in [0.3, 0.4) is 0 Å². The molecular formula is C25H31N3O3. The summed E-state index contributed by atoms with van der Waals surface area (Å²) >= 11 is 0. The van der Waals surface area contributed by atoms with Crippen LogP contribution in [0.25, 0.3) is 11.4 Å². The molecule has 1 aromatic heterocycles. The van der Waals surface area contributed by atoms with Gasteiger partial charge in [-0.3, -0.25) is 4.79 Å². The van der Waals surface area contributed by atoms with E-state index in [2.05, 4.69) is 60.5 Å². The topological polar surface area (TPSA) is 88.2 Å². The van der Waals surface area contributed by atoms with E-state index in [1.54, 1.807) is 0 Å². The molecule has 3 aromatic rings. The van der Waals surface area contributed by atoms with Gasteiger partial charge in [0.15, 0.2) is 0 Å². The molecule has 0 spiro atoms. The van der Waals surface area contributed by atoms with Crippen LogP contribution in [-0.2, 0) is 17.6 Å². The maximum atomic E-state index is 12.3.